The van der Waals surface area contributed by atoms with E-state index in [4.69, 9.17) is 32.6 Å². The van der Waals surface area contributed by atoms with Crippen LogP contribution in [0.2, 0.25) is 10.0 Å². The molecule has 0 aliphatic heterocycles. The maximum absolute atomic E-state index is 12.6. The second kappa shape index (κ2) is 8.18. The third kappa shape index (κ3) is 3.80. The molecule has 0 saturated carbocycles. The molecule has 152 valence electrons. The summed E-state index contributed by atoms with van der Waals surface area (Å²) in [6.45, 7) is 5.60. The predicted molar refractivity (Wildman–Crippen MR) is 127 cm³/mol. The van der Waals surface area contributed by atoms with Gasteiger partial charge in [0.1, 0.15) is 0 Å². The molecule has 0 atom stereocenters. The number of furan rings is 1. The average Bonchev–Trinajstić information content (AvgIpc) is 3.03. The normalized spacial score (nSPS) is 11.4. The van der Waals surface area contributed by atoms with Crippen molar-refractivity contribution in [1.29, 1.82) is 0 Å². The van der Waals surface area contributed by atoms with Crippen LogP contribution in [0.3, 0.4) is 0 Å². The van der Waals surface area contributed by atoms with Crippen LogP contribution >= 0.6 is 39.1 Å². The molecule has 2 aromatic heterocycles. The highest BCUT2D eigenvalue weighted by molar-refractivity contribution is 9.10. The molecule has 2 heterocycles. The Labute approximate surface area is 193 Å². The van der Waals surface area contributed by atoms with Crippen LogP contribution < -0.4 is 0 Å². The zero-order valence-electron chi connectivity index (χ0n) is 16.6. The van der Waals surface area contributed by atoms with Crippen LogP contribution in [0.15, 0.2) is 57.4 Å². The highest BCUT2D eigenvalue weighted by atomic mass is 79.9. The van der Waals surface area contributed by atoms with Gasteiger partial charge in [0.2, 0.25) is 11.5 Å². The average molecular weight is 503 g/mol. The Hall–Kier alpha value is -2.14. The monoisotopic (exact) mass is 501 g/mol. The van der Waals surface area contributed by atoms with E-state index in [1.165, 1.54) is 0 Å². The molecule has 0 aliphatic rings. The minimum atomic E-state index is -0.166. The molecule has 2 aromatic carbocycles. The summed E-state index contributed by atoms with van der Waals surface area (Å²) in [7, 11) is 0. The molecule has 6 heteroatoms. The molecular weight excluding hydrogens is 485 g/mol. The summed E-state index contributed by atoms with van der Waals surface area (Å²) >= 11 is 16.1. The third-order valence-electron chi connectivity index (χ3n) is 5.02. The Morgan fingerprint density at radius 3 is 2.37 bits per heavy atom. The number of rotatable bonds is 4. The van der Waals surface area contributed by atoms with Crippen molar-refractivity contribution in [1.82, 2.24) is 4.98 Å². The van der Waals surface area contributed by atoms with E-state index < -0.39 is 0 Å². The van der Waals surface area contributed by atoms with Gasteiger partial charge < -0.3 is 4.42 Å². The van der Waals surface area contributed by atoms with Gasteiger partial charge in [-0.2, -0.15) is 0 Å². The molecule has 30 heavy (non-hydrogen) atoms. The van der Waals surface area contributed by atoms with Crippen LogP contribution in [-0.4, -0.2) is 10.8 Å². The van der Waals surface area contributed by atoms with Gasteiger partial charge >= 0.3 is 0 Å². The molecule has 0 saturated heterocycles. The quantitative estimate of drug-likeness (QED) is 0.263. The van der Waals surface area contributed by atoms with Crippen molar-refractivity contribution in [3.63, 3.8) is 0 Å². The Balaban J connectivity index is 2.03. The van der Waals surface area contributed by atoms with Crippen molar-refractivity contribution in [3.8, 4) is 22.4 Å². The first-order valence-electron chi connectivity index (χ1n) is 9.46. The van der Waals surface area contributed by atoms with E-state index in [2.05, 4.69) is 15.9 Å². The lowest BCUT2D eigenvalue weighted by Gasteiger charge is -2.11. The smallest absolute Gasteiger partial charge is 0.227 e. The number of benzene rings is 2. The van der Waals surface area contributed by atoms with E-state index in [0.717, 1.165) is 32.1 Å². The second-order valence-corrected chi connectivity index (χ2v) is 9.20. The lowest BCUT2D eigenvalue weighted by molar-refractivity contribution is 0.0912. The van der Waals surface area contributed by atoms with Gasteiger partial charge in [0.15, 0.2) is 5.76 Å². The fraction of sp³-hybridized carbons (Fsp3) is 0.167. The Morgan fingerprint density at radius 1 is 1.03 bits per heavy atom. The first kappa shape index (κ1) is 21.1. The maximum Gasteiger partial charge on any atom is 0.227 e. The van der Waals surface area contributed by atoms with Crippen molar-refractivity contribution in [2.24, 2.45) is 5.92 Å². The predicted octanol–water partition coefficient (Wildman–Crippen LogP) is 8.38. The van der Waals surface area contributed by atoms with Gasteiger partial charge in [0, 0.05) is 37.5 Å². The van der Waals surface area contributed by atoms with E-state index in [9.17, 15) is 4.79 Å². The number of aromatic nitrogens is 1. The molecule has 0 spiro atoms. The highest BCUT2D eigenvalue weighted by Crippen LogP contribution is 2.39. The summed E-state index contributed by atoms with van der Waals surface area (Å²) in [6, 6.07) is 15.2. The summed E-state index contributed by atoms with van der Waals surface area (Å²) in [5, 5.41) is 2.02. The Bertz CT molecular complexity index is 1280. The van der Waals surface area contributed by atoms with Crippen LogP contribution in [0.25, 0.3) is 33.5 Å². The van der Waals surface area contributed by atoms with Gasteiger partial charge in [0.05, 0.1) is 10.7 Å². The van der Waals surface area contributed by atoms with E-state index in [0.29, 0.717) is 27.2 Å². The van der Waals surface area contributed by atoms with Crippen molar-refractivity contribution < 1.29 is 9.21 Å². The van der Waals surface area contributed by atoms with Crippen molar-refractivity contribution in [2.75, 3.05) is 0 Å². The van der Waals surface area contributed by atoms with Gasteiger partial charge in [-0.25, -0.2) is 4.98 Å². The van der Waals surface area contributed by atoms with Crippen LogP contribution in [0.4, 0.5) is 0 Å². The zero-order chi connectivity index (χ0) is 21.6. The zero-order valence-corrected chi connectivity index (χ0v) is 19.7. The van der Waals surface area contributed by atoms with Gasteiger partial charge in [0.25, 0.3) is 0 Å². The molecular formula is C24H18BrCl2NO2. The number of fused-ring (bicyclic) bond motifs is 1. The molecule has 4 rings (SSSR count). The summed E-state index contributed by atoms with van der Waals surface area (Å²) in [4.78, 5) is 17.4. The number of hydrogen-bond donors (Lipinski definition) is 0. The molecule has 0 radical (unpaired) electrons. The number of hydrogen-bond acceptors (Lipinski definition) is 3. The lowest BCUT2D eigenvalue weighted by atomic mass is 9.97. The summed E-state index contributed by atoms with van der Waals surface area (Å²) in [5.41, 5.74) is 4.50. The lowest BCUT2D eigenvalue weighted by Crippen LogP contribution is -2.07. The van der Waals surface area contributed by atoms with E-state index >= 15 is 0 Å². The third-order valence-corrected chi connectivity index (χ3v) is 6.08. The summed E-state index contributed by atoms with van der Waals surface area (Å²) < 4.78 is 6.80. The topological polar surface area (TPSA) is 43.1 Å². The second-order valence-electron chi connectivity index (χ2n) is 7.44. The minimum Gasteiger partial charge on any atom is -0.434 e. The largest absolute Gasteiger partial charge is 0.434 e. The van der Waals surface area contributed by atoms with Crippen LogP contribution in [0.1, 0.15) is 30.0 Å². The SMILES string of the molecule is Cc1c(C(=O)C(C)C)oc2nc(-c3ccc(Br)cc3Cl)c(-c3ccc(Cl)cc3)cc12. The fourth-order valence-corrected chi connectivity index (χ4v) is 4.26. The van der Waals surface area contributed by atoms with Crippen LogP contribution in [0.5, 0.6) is 0 Å². The van der Waals surface area contributed by atoms with Crippen molar-refractivity contribution >= 4 is 56.0 Å². The molecule has 4 aromatic rings. The number of aryl methyl sites for hydroxylation is 1. The Kier molecular flexibility index (Phi) is 5.75. The standard InChI is InChI=1S/C24H18BrCl2NO2/c1-12(2)22(29)23-13(3)18-11-19(14-4-7-16(26)8-5-14)21(28-24(18)30-23)17-9-6-15(25)10-20(17)27/h4-12H,1-3H3. The highest BCUT2D eigenvalue weighted by Gasteiger charge is 2.23. The summed E-state index contributed by atoms with van der Waals surface area (Å²) in [5.74, 6) is 0.149. The number of carbonyl (C=O) groups excluding carboxylic acids is 1. The number of ketones is 1. The molecule has 0 amide bonds. The molecule has 0 aliphatic carbocycles. The molecule has 0 fully saturated rings. The Morgan fingerprint density at radius 2 is 1.73 bits per heavy atom. The van der Waals surface area contributed by atoms with Gasteiger partial charge in [-0.1, -0.05) is 71.2 Å². The first-order valence-corrected chi connectivity index (χ1v) is 11.0. The fourth-order valence-electron chi connectivity index (χ4n) is 3.37. The van der Waals surface area contributed by atoms with Crippen LogP contribution in [0, 0.1) is 12.8 Å². The molecule has 3 nitrogen and oxygen atoms in total. The van der Waals surface area contributed by atoms with Crippen LogP contribution in [-0.2, 0) is 0 Å². The molecule has 0 N–H and O–H groups in total. The van der Waals surface area contributed by atoms with Gasteiger partial charge in [-0.05, 0) is 42.8 Å². The summed E-state index contributed by atoms with van der Waals surface area (Å²) in [6.07, 6.45) is 0. The number of carbonyl (C=O) groups is 1. The maximum atomic E-state index is 12.6. The number of halogens is 3. The number of nitrogens with zero attached hydrogens (tertiary/aromatic N) is 1. The van der Waals surface area contributed by atoms with Gasteiger partial charge in [-0.15, -0.1) is 0 Å². The van der Waals surface area contributed by atoms with E-state index in [-0.39, 0.29) is 11.7 Å². The number of pyridine rings is 1. The number of Topliss-reactive ketones (excluding diaryl/α,β-unsaturated/α-hetero) is 1. The first-order chi connectivity index (χ1) is 14.3. The van der Waals surface area contributed by atoms with E-state index in [1.54, 1.807) is 0 Å². The molecule has 0 unspecified atom stereocenters. The van der Waals surface area contributed by atoms with Crippen molar-refractivity contribution in [2.45, 2.75) is 20.8 Å². The van der Waals surface area contributed by atoms with Crippen molar-refractivity contribution in [3.05, 3.63) is 74.4 Å². The minimum absolute atomic E-state index is 0.0400. The van der Waals surface area contributed by atoms with E-state index in [1.807, 2.05) is 69.3 Å². The molecule has 0 bridgehead atoms. The van der Waals surface area contributed by atoms with Gasteiger partial charge in [-0.3, -0.25) is 4.79 Å².